The van der Waals surface area contributed by atoms with Crippen molar-refractivity contribution in [1.29, 1.82) is 0 Å². The Hall–Kier alpha value is -2.96. The number of carbonyl (C=O) groups excluding carboxylic acids is 2. The molecule has 0 bridgehead atoms. The molecule has 0 fully saturated rings. The fourth-order valence-electron chi connectivity index (χ4n) is 2.05. The summed E-state index contributed by atoms with van der Waals surface area (Å²) in [5, 5.41) is 2.73. The van der Waals surface area contributed by atoms with Gasteiger partial charge in [-0.25, -0.2) is 9.78 Å². The van der Waals surface area contributed by atoms with Gasteiger partial charge in [-0.05, 0) is 37.1 Å². The monoisotopic (exact) mass is 343 g/mol. The van der Waals surface area contributed by atoms with E-state index in [2.05, 4.69) is 15.3 Å². The quantitative estimate of drug-likeness (QED) is 0.811. The van der Waals surface area contributed by atoms with Crippen molar-refractivity contribution < 1.29 is 19.1 Å². The summed E-state index contributed by atoms with van der Waals surface area (Å²) in [6.45, 7) is 5.36. The molecule has 0 aliphatic heterocycles. The Kier molecular flexibility index (Phi) is 6.05. The van der Waals surface area contributed by atoms with E-state index in [4.69, 9.17) is 9.47 Å². The molecule has 2 rings (SSSR count). The van der Waals surface area contributed by atoms with Crippen LogP contribution in [0.3, 0.4) is 0 Å². The summed E-state index contributed by atoms with van der Waals surface area (Å²) in [5.74, 6) is -0.618. The number of carbonyl (C=O) groups is 2. The Balaban J connectivity index is 2.06. The lowest BCUT2D eigenvalue weighted by atomic mass is 10.1. The number of nitrogens with zero attached hydrogens (tertiary/aromatic N) is 2. The number of hydrogen-bond acceptors (Lipinski definition) is 6. The van der Waals surface area contributed by atoms with Crippen molar-refractivity contribution in [3.05, 3.63) is 48.0 Å². The summed E-state index contributed by atoms with van der Waals surface area (Å²) in [4.78, 5) is 32.6. The third-order valence-corrected chi connectivity index (χ3v) is 3.45. The molecule has 132 valence electrons. The highest BCUT2D eigenvalue weighted by Crippen LogP contribution is 2.17. The van der Waals surface area contributed by atoms with Gasteiger partial charge in [0.2, 0.25) is 0 Å². The largest absolute Gasteiger partial charge is 0.497 e. The van der Waals surface area contributed by atoms with E-state index < -0.39 is 18.0 Å². The van der Waals surface area contributed by atoms with E-state index in [9.17, 15) is 9.59 Å². The van der Waals surface area contributed by atoms with E-state index in [-0.39, 0.29) is 11.6 Å². The van der Waals surface area contributed by atoms with Gasteiger partial charge >= 0.3 is 5.97 Å². The first-order valence-corrected chi connectivity index (χ1v) is 7.85. The van der Waals surface area contributed by atoms with Gasteiger partial charge in [-0.3, -0.25) is 9.78 Å². The molecule has 0 saturated heterocycles. The molecular formula is C18H21N3O4. The molecule has 0 radical (unpaired) electrons. The Bertz CT molecular complexity index is 727. The minimum atomic E-state index is -0.947. The predicted octanol–water partition coefficient (Wildman–Crippen LogP) is 2.61. The molecule has 0 spiro atoms. The Morgan fingerprint density at radius 1 is 1.08 bits per heavy atom. The normalized spacial score (nSPS) is 11.7. The average Bonchev–Trinajstić information content (AvgIpc) is 2.60. The van der Waals surface area contributed by atoms with Crippen molar-refractivity contribution in [3.63, 3.8) is 0 Å². The number of ether oxygens (including phenoxy) is 2. The fourth-order valence-corrected chi connectivity index (χ4v) is 2.05. The van der Waals surface area contributed by atoms with E-state index in [0.29, 0.717) is 17.1 Å². The molecule has 1 amide bonds. The molecule has 1 aromatic carbocycles. The number of esters is 1. The molecule has 1 N–H and O–H groups in total. The lowest BCUT2D eigenvalue weighted by Crippen LogP contribution is -2.36. The molecule has 0 saturated carbocycles. The van der Waals surface area contributed by atoms with E-state index in [1.54, 1.807) is 52.1 Å². The second-order valence-corrected chi connectivity index (χ2v) is 5.83. The number of hydrogen-bond donors (Lipinski definition) is 1. The molecule has 1 aromatic heterocycles. The highest BCUT2D eigenvalue weighted by molar-refractivity contribution is 5.97. The first kappa shape index (κ1) is 18.4. The Morgan fingerprint density at radius 3 is 2.28 bits per heavy atom. The zero-order chi connectivity index (χ0) is 18.4. The maximum absolute atomic E-state index is 12.5. The molecule has 25 heavy (non-hydrogen) atoms. The Morgan fingerprint density at radius 2 is 1.76 bits per heavy atom. The third-order valence-electron chi connectivity index (χ3n) is 3.45. The second-order valence-electron chi connectivity index (χ2n) is 5.83. The average molecular weight is 343 g/mol. The summed E-state index contributed by atoms with van der Waals surface area (Å²) >= 11 is 0. The number of benzene rings is 1. The zero-order valence-electron chi connectivity index (χ0n) is 14.6. The number of aryl methyl sites for hydroxylation is 1. The molecule has 2 aromatic rings. The van der Waals surface area contributed by atoms with E-state index in [1.807, 2.05) is 0 Å². The first-order valence-electron chi connectivity index (χ1n) is 7.85. The topological polar surface area (TPSA) is 90.4 Å². The summed E-state index contributed by atoms with van der Waals surface area (Å²) < 4.78 is 10.4. The minimum Gasteiger partial charge on any atom is -0.497 e. The highest BCUT2D eigenvalue weighted by atomic mass is 16.5. The van der Waals surface area contributed by atoms with Crippen molar-refractivity contribution in [3.8, 4) is 5.75 Å². The van der Waals surface area contributed by atoms with Gasteiger partial charge in [0.15, 0.2) is 11.8 Å². The van der Waals surface area contributed by atoms with Gasteiger partial charge in [0.1, 0.15) is 5.75 Å². The SMILES string of the molecule is COc1ccc(NC(=O)[C@H](OC(=O)c2cnc(C)cn2)C(C)C)cc1. The number of aromatic nitrogens is 2. The van der Waals surface area contributed by atoms with Crippen molar-refractivity contribution in [2.45, 2.75) is 26.9 Å². The molecule has 7 nitrogen and oxygen atoms in total. The smallest absolute Gasteiger partial charge is 0.359 e. The van der Waals surface area contributed by atoms with Gasteiger partial charge < -0.3 is 14.8 Å². The maximum atomic E-state index is 12.5. The standard InChI is InChI=1S/C18H21N3O4/c1-11(2)16(25-18(23)15-10-19-12(3)9-20-15)17(22)21-13-5-7-14(24-4)8-6-13/h5-11,16H,1-4H3,(H,21,22)/t16-/m1/s1. The molecule has 0 aliphatic carbocycles. The fraction of sp³-hybridized carbons (Fsp3) is 0.333. The number of anilines is 1. The van der Waals surface area contributed by atoms with Crippen molar-refractivity contribution in [2.75, 3.05) is 12.4 Å². The van der Waals surface area contributed by atoms with Crippen LogP contribution in [0, 0.1) is 12.8 Å². The number of methoxy groups -OCH3 is 1. The highest BCUT2D eigenvalue weighted by Gasteiger charge is 2.27. The van der Waals surface area contributed by atoms with Gasteiger partial charge in [-0.2, -0.15) is 0 Å². The number of nitrogens with one attached hydrogen (secondary N) is 1. The van der Waals surface area contributed by atoms with Crippen LogP contribution in [0.5, 0.6) is 5.75 Å². The summed E-state index contributed by atoms with van der Waals surface area (Å²) in [7, 11) is 1.57. The van der Waals surface area contributed by atoms with Crippen LogP contribution < -0.4 is 10.1 Å². The van der Waals surface area contributed by atoms with Crippen molar-refractivity contribution in [1.82, 2.24) is 9.97 Å². The summed E-state index contributed by atoms with van der Waals surface area (Å²) in [5.41, 5.74) is 1.34. The first-order chi connectivity index (χ1) is 11.9. The maximum Gasteiger partial charge on any atom is 0.359 e. The second kappa shape index (κ2) is 8.23. The molecule has 7 heteroatoms. The van der Waals surface area contributed by atoms with Gasteiger partial charge in [-0.1, -0.05) is 13.8 Å². The third kappa shape index (κ3) is 5.00. The Labute approximate surface area is 146 Å². The van der Waals surface area contributed by atoms with Crippen LogP contribution in [-0.2, 0) is 9.53 Å². The van der Waals surface area contributed by atoms with Crippen LogP contribution in [-0.4, -0.2) is 35.1 Å². The lowest BCUT2D eigenvalue weighted by molar-refractivity contribution is -0.126. The minimum absolute atomic E-state index is 0.0634. The van der Waals surface area contributed by atoms with Crippen LogP contribution in [0.1, 0.15) is 30.0 Å². The van der Waals surface area contributed by atoms with Gasteiger partial charge in [0.05, 0.1) is 19.0 Å². The van der Waals surface area contributed by atoms with E-state index in [0.717, 1.165) is 0 Å². The van der Waals surface area contributed by atoms with Crippen LogP contribution >= 0.6 is 0 Å². The molecular weight excluding hydrogens is 322 g/mol. The van der Waals surface area contributed by atoms with Crippen molar-refractivity contribution >= 4 is 17.6 Å². The van der Waals surface area contributed by atoms with Gasteiger partial charge in [-0.15, -0.1) is 0 Å². The number of rotatable bonds is 6. The summed E-state index contributed by atoms with van der Waals surface area (Å²) in [6.07, 6.45) is 1.85. The zero-order valence-corrected chi connectivity index (χ0v) is 14.6. The summed E-state index contributed by atoms with van der Waals surface area (Å²) in [6, 6.07) is 6.88. The predicted molar refractivity (Wildman–Crippen MR) is 92.4 cm³/mol. The van der Waals surface area contributed by atoms with E-state index >= 15 is 0 Å². The molecule has 1 atom stereocenters. The van der Waals surface area contributed by atoms with Crippen molar-refractivity contribution in [2.24, 2.45) is 5.92 Å². The van der Waals surface area contributed by atoms with Gasteiger partial charge in [0, 0.05) is 11.9 Å². The van der Waals surface area contributed by atoms with Crippen LogP contribution in [0.2, 0.25) is 0 Å². The molecule has 1 heterocycles. The van der Waals surface area contributed by atoms with Crippen LogP contribution in [0.15, 0.2) is 36.7 Å². The number of amides is 1. The molecule has 0 unspecified atom stereocenters. The van der Waals surface area contributed by atoms with E-state index in [1.165, 1.54) is 12.4 Å². The van der Waals surface area contributed by atoms with Crippen LogP contribution in [0.4, 0.5) is 5.69 Å². The lowest BCUT2D eigenvalue weighted by Gasteiger charge is -2.20. The van der Waals surface area contributed by atoms with Gasteiger partial charge in [0.25, 0.3) is 5.91 Å². The van der Waals surface area contributed by atoms with Crippen LogP contribution in [0.25, 0.3) is 0 Å². The molecule has 0 aliphatic rings.